The molecule has 1 aromatic carbocycles. The molecular weight excluding hydrogens is 517 g/mol. The number of carbonyl (C=O) groups excluding carboxylic acids is 2. The van der Waals surface area contributed by atoms with Crippen LogP contribution in [0, 0.1) is 6.92 Å². The molecule has 0 spiro atoms. The first kappa shape index (κ1) is 25.9. The molecule has 10 heteroatoms. The number of aryl methyl sites for hydroxylation is 1. The summed E-state index contributed by atoms with van der Waals surface area (Å²) in [6.07, 6.45) is 2.13. The average molecular weight is 542 g/mol. The molecule has 4 rings (SSSR count). The van der Waals surface area contributed by atoms with E-state index in [1.54, 1.807) is 54.8 Å². The second-order valence-electron chi connectivity index (χ2n) is 9.35. The fourth-order valence-corrected chi connectivity index (χ4v) is 4.79. The Morgan fingerprint density at radius 2 is 1.89 bits per heavy atom. The maximum absolute atomic E-state index is 13.6. The van der Waals surface area contributed by atoms with Crippen LogP contribution in [0.5, 0.6) is 0 Å². The highest BCUT2D eigenvalue weighted by atomic mass is 35.5. The number of amides is 2. The topological polar surface area (TPSA) is 88.9 Å². The number of hydrogen-bond donors (Lipinski definition) is 2. The monoisotopic (exact) mass is 541 g/mol. The highest BCUT2D eigenvalue weighted by Gasteiger charge is 2.24. The lowest BCUT2D eigenvalue weighted by molar-refractivity contribution is 0.0920. The molecule has 0 saturated carbocycles. The number of hydrogen-bond acceptors (Lipinski definition) is 5. The molecule has 7 nitrogen and oxygen atoms in total. The number of nitrogens with zero attached hydrogens (tertiary/aromatic N) is 3. The van der Waals surface area contributed by atoms with Crippen molar-refractivity contribution in [2.75, 3.05) is 5.32 Å². The number of benzene rings is 1. The van der Waals surface area contributed by atoms with Crippen LogP contribution in [-0.4, -0.2) is 32.1 Å². The standard InChI is InChI=1S/C26H25Cl2N5O2S/c1-15-10-17(27)12-19(24(34)31-26(2,3)4)22(15)30-25(35)21-13-18(11-16-7-9-36-14-16)32-33(21)23-20(28)6-5-8-29-23/h5-10,12-14H,11H2,1-4H3,(H,30,35)(H,31,34). The average Bonchev–Trinajstić information content (AvgIpc) is 3.45. The van der Waals surface area contributed by atoms with E-state index in [-0.39, 0.29) is 17.2 Å². The van der Waals surface area contributed by atoms with Crippen LogP contribution in [0.2, 0.25) is 10.0 Å². The third-order valence-corrected chi connectivity index (χ3v) is 6.41. The second-order valence-corrected chi connectivity index (χ2v) is 11.0. The number of nitrogens with one attached hydrogen (secondary N) is 2. The molecule has 0 aliphatic rings. The van der Waals surface area contributed by atoms with Crippen molar-refractivity contribution in [2.45, 2.75) is 39.7 Å². The first-order valence-corrected chi connectivity index (χ1v) is 12.9. The van der Waals surface area contributed by atoms with Crippen LogP contribution < -0.4 is 10.6 Å². The number of thiophene rings is 1. The van der Waals surface area contributed by atoms with Crippen LogP contribution in [-0.2, 0) is 6.42 Å². The summed E-state index contributed by atoms with van der Waals surface area (Å²) in [6, 6.07) is 10.3. The number of halogens is 2. The zero-order valence-electron chi connectivity index (χ0n) is 20.2. The van der Waals surface area contributed by atoms with Crippen LogP contribution in [0.15, 0.2) is 53.4 Å². The molecule has 4 aromatic rings. The molecule has 0 bridgehead atoms. The Labute approximate surface area is 223 Å². The molecule has 2 amide bonds. The largest absolute Gasteiger partial charge is 0.347 e. The Bertz CT molecular complexity index is 1420. The van der Waals surface area contributed by atoms with Gasteiger partial charge in [-0.2, -0.15) is 16.4 Å². The SMILES string of the molecule is Cc1cc(Cl)cc(C(=O)NC(C)(C)C)c1NC(=O)c1cc(Cc2ccsc2)nn1-c1ncccc1Cl. The Morgan fingerprint density at radius 3 is 2.56 bits per heavy atom. The molecule has 0 unspecified atom stereocenters. The van der Waals surface area contributed by atoms with E-state index in [2.05, 4.69) is 20.7 Å². The van der Waals surface area contributed by atoms with E-state index >= 15 is 0 Å². The van der Waals surface area contributed by atoms with Gasteiger partial charge in [-0.15, -0.1) is 0 Å². The van der Waals surface area contributed by atoms with Crippen molar-refractivity contribution >= 4 is 52.0 Å². The molecule has 186 valence electrons. The van der Waals surface area contributed by atoms with Crippen molar-refractivity contribution in [3.8, 4) is 5.82 Å². The summed E-state index contributed by atoms with van der Waals surface area (Å²) in [5.41, 5.74) is 2.80. The third-order valence-electron chi connectivity index (χ3n) is 5.17. The van der Waals surface area contributed by atoms with Crippen molar-refractivity contribution in [2.24, 2.45) is 0 Å². The molecule has 3 aromatic heterocycles. The molecule has 0 aliphatic heterocycles. The lowest BCUT2D eigenvalue weighted by Gasteiger charge is -2.22. The summed E-state index contributed by atoms with van der Waals surface area (Å²) in [7, 11) is 0. The third kappa shape index (κ3) is 5.95. The zero-order valence-corrected chi connectivity index (χ0v) is 22.6. The van der Waals surface area contributed by atoms with E-state index in [0.29, 0.717) is 39.2 Å². The summed E-state index contributed by atoms with van der Waals surface area (Å²) in [4.78, 5) is 31.0. The van der Waals surface area contributed by atoms with Crippen molar-refractivity contribution in [1.29, 1.82) is 0 Å². The number of pyridine rings is 1. The maximum atomic E-state index is 13.6. The number of aromatic nitrogens is 3. The number of rotatable bonds is 6. The Balaban J connectivity index is 1.75. The van der Waals surface area contributed by atoms with Gasteiger partial charge >= 0.3 is 0 Å². The van der Waals surface area contributed by atoms with Gasteiger partial charge in [0.25, 0.3) is 11.8 Å². The highest BCUT2D eigenvalue weighted by molar-refractivity contribution is 7.07. The minimum absolute atomic E-state index is 0.234. The van der Waals surface area contributed by atoms with Crippen molar-refractivity contribution in [1.82, 2.24) is 20.1 Å². The van der Waals surface area contributed by atoms with Crippen molar-refractivity contribution in [3.05, 3.63) is 91.5 Å². The van der Waals surface area contributed by atoms with E-state index in [1.165, 1.54) is 4.68 Å². The van der Waals surface area contributed by atoms with E-state index < -0.39 is 11.4 Å². The van der Waals surface area contributed by atoms with Gasteiger partial charge in [-0.25, -0.2) is 9.67 Å². The van der Waals surface area contributed by atoms with E-state index in [1.807, 2.05) is 37.6 Å². The van der Waals surface area contributed by atoms with Crippen molar-refractivity contribution in [3.63, 3.8) is 0 Å². The molecule has 0 aliphatic carbocycles. The highest BCUT2D eigenvalue weighted by Crippen LogP contribution is 2.28. The van der Waals surface area contributed by atoms with E-state index in [4.69, 9.17) is 23.2 Å². The Kier molecular flexibility index (Phi) is 7.49. The fourth-order valence-electron chi connectivity index (χ4n) is 3.65. The van der Waals surface area contributed by atoms with E-state index in [9.17, 15) is 9.59 Å². The van der Waals surface area contributed by atoms with E-state index in [0.717, 1.165) is 5.56 Å². The minimum Gasteiger partial charge on any atom is -0.347 e. The second kappa shape index (κ2) is 10.4. The summed E-state index contributed by atoms with van der Waals surface area (Å²) in [5.74, 6) is -0.474. The summed E-state index contributed by atoms with van der Waals surface area (Å²) < 4.78 is 1.43. The Morgan fingerprint density at radius 1 is 1.11 bits per heavy atom. The molecule has 0 saturated heterocycles. The van der Waals surface area contributed by atoms with Crippen molar-refractivity contribution < 1.29 is 9.59 Å². The molecule has 3 heterocycles. The fraction of sp³-hybridized carbons (Fsp3) is 0.231. The molecule has 0 radical (unpaired) electrons. The maximum Gasteiger partial charge on any atom is 0.274 e. The van der Waals surface area contributed by atoms with Gasteiger partial charge in [0, 0.05) is 23.2 Å². The smallest absolute Gasteiger partial charge is 0.274 e. The van der Waals surface area contributed by atoms with Crippen LogP contribution >= 0.6 is 34.5 Å². The van der Waals surface area contributed by atoms with Crippen LogP contribution in [0.25, 0.3) is 5.82 Å². The van der Waals surface area contributed by atoms with Gasteiger partial charge in [0.1, 0.15) is 5.69 Å². The normalized spacial score (nSPS) is 11.4. The molecule has 0 fully saturated rings. The summed E-state index contributed by atoms with van der Waals surface area (Å²) >= 11 is 14.2. The Hall–Kier alpha value is -3.20. The van der Waals surface area contributed by atoms with Gasteiger partial charge in [-0.05, 0) is 86.0 Å². The summed E-state index contributed by atoms with van der Waals surface area (Å²) in [6.45, 7) is 7.42. The molecule has 0 atom stereocenters. The predicted octanol–water partition coefficient (Wildman–Crippen LogP) is 6.32. The summed E-state index contributed by atoms with van der Waals surface area (Å²) in [5, 5.41) is 15.2. The van der Waals surface area contributed by atoms with Gasteiger partial charge < -0.3 is 10.6 Å². The van der Waals surface area contributed by atoms with Gasteiger partial charge in [0.15, 0.2) is 5.82 Å². The molecular formula is C26H25Cl2N5O2S. The minimum atomic E-state index is -0.473. The number of anilines is 1. The molecule has 36 heavy (non-hydrogen) atoms. The lowest BCUT2D eigenvalue weighted by atomic mass is 10.0. The van der Waals surface area contributed by atoms with Crippen LogP contribution in [0.1, 0.15) is 58.4 Å². The number of carbonyl (C=O) groups is 2. The van der Waals surface area contributed by atoms with Gasteiger partial charge in [0.2, 0.25) is 0 Å². The van der Waals surface area contributed by atoms with Gasteiger partial charge in [-0.1, -0.05) is 23.2 Å². The first-order chi connectivity index (χ1) is 17.0. The van der Waals surface area contributed by atoms with Gasteiger partial charge in [0.05, 0.1) is 22.0 Å². The lowest BCUT2D eigenvalue weighted by Crippen LogP contribution is -2.41. The zero-order chi connectivity index (χ0) is 26.0. The molecule has 2 N–H and O–H groups in total. The van der Waals surface area contributed by atoms with Gasteiger partial charge in [-0.3, -0.25) is 9.59 Å². The van der Waals surface area contributed by atoms with Crippen LogP contribution in [0.3, 0.4) is 0 Å². The first-order valence-electron chi connectivity index (χ1n) is 11.2. The predicted molar refractivity (Wildman–Crippen MR) is 145 cm³/mol. The quantitative estimate of drug-likeness (QED) is 0.299. The van der Waals surface area contributed by atoms with Crippen LogP contribution in [0.4, 0.5) is 5.69 Å².